The highest BCUT2D eigenvalue weighted by atomic mass is 79.9. The molecule has 0 saturated carbocycles. The van der Waals surface area contributed by atoms with Crippen LogP contribution in [0.1, 0.15) is 5.69 Å². The minimum atomic E-state index is -0.755. The van der Waals surface area contributed by atoms with Crippen molar-refractivity contribution in [3.8, 4) is 17.6 Å². The van der Waals surface area contributed by atoms with Crippen LogP contribution >= 0.6 is 15.9 Å². The molecule has 0 bridgehead atoms. The smallest absolute Gasteiger partial charge is 0.407 e. The summed E-state index contributed by atoms with van der Waals surface area (Å²) in [4.78, 5) is 13.2. The van der Waals surface area contributed by atoms with Crippen molar-refractivity contribution in [3.63, 3.8) is 0 Å². The fourth-order valence-electron chi connectivity index (χ4n) is 0.769. The lowest BCUT2D eigenvalue weighted by Crippen LogP contribution is -1.94. The van der Waals surface area contributed by atoms with E-state index in [9.17, 15) is 10.1 Å². The van der Waals surface area contributed by atoms with Crippen molar-refractivity contribution >= 4 is 21.7 Å². The van der Waals surface area contributed by atoms with Gasteiger partial charge in [0.1, 0.15) is 0 Å². The van der Waals surface area contributed by atoms with Crippen LogP contribution in [0.2, 0.25) is 0 Å². The summed E-state index contributed by atoms with van der Waals surface area (Å²) in [6.07, 6.45) is 0. The first-order chi connectivity index (χ1) is 6.65. The van der Waals surface area contributed by atoms with E-state index in [0.29, 0.717) is 5.33 Å². The normalized spacial score (nSPS) is 8.93. The van der Waals surface area contributed by atoms with E-state index in [1.54, 1.807) is 0 Å². The molecule has 0 aliphatic heterocycles. The number of aromatic hydroxyl groups is 1. The van der Waals surface area contributed by atoms with E-state index < -0.39 is 16.5 Å². The van der Waals surface area contributed by atoms with Gasteiger partial charge in [-0.3, -0.25) is 0 Å². The summed E-state index contributed by atoms with van der Waals surface area (Å²) in [7, 11) is 0. The summed E-state index contributed by atoms with van der Waals surface area (Å²) >= 11 is 3.08. The first-order valence-corrected chi connectivity index (χ1v) is 4.66. The molecular weight excluding hydrogens is 252 g/mol. The number of halogens is 1. The molecule has 0 saturated heterocycles. The maximum Gasteiger partial charge on any atom is 0.407 e. The third-order valence-electron chi connectivity index (χ3n) is 1.31. The Hall–Kier alpha value is -1.61. The number of hydrogen-bond donors (Lipinski definition) is 1. The van der Waals surface area contributed by atoms with E-state index in [1.807, 2.05) is 0 Å². The summed E-state index contributed by atoms with van der Waals surface area (Å²) in [6.45, 7) is 0. The Balaban J connectivity index is 3.13. The van der Waals surface area contributed by atoms with Gasteiger partial charge in [-0.25, -0.2) is 0 Å². The molecular formula is C8H5BrN2O3. The summed E-state index contributed by atoms with van der Waals surface area (Å²) in [6, 6.07) is 2.61. The summed E-state index contributed by atoms with van der Waals surface area (Å²) in [5.41, 5.74) is 0.258. The van der Waals surface area contributed by atoms with Crippen LogP contribution < -0.4 is 0 Å². The molecule has 0 atom stereocenters. The second-order valence-corrected chi connectivity index (χ2v) is 2.79. The van der Waals surface area contributed by atoms with Crippen molar-refractivity contribution < 1.29 is 10.0 Å². The lowest BCUT2D eigenvalue weighted by molar-refractivity contribution is -0.390. The SMILES string of the molecule is O=[N+]([O-])c1nc(C#CCBr)ccc1O. The second kappa shape index (κ2) is 4.58. The molecule has 1 aromatic rings. The Bertz CT molecular complexity index is 422. The third kappa shape index (κ3) is 2.44. The first-order valence-electron chi connectivity index (χ1n) is 3.54. The molecule has 0 aliphatic rings. The number of nitro groups is 1. The van der Waals surface area contributed by atoms with Crippen LogP contribution in [0, 0.1) is 22.0 Å². The van der Waals surface area contributed by atoms with Gasteiger partial charge in [0, 0.05) is 6.07 Å². The lowest BCUT2D eigenvalue weighted by atomic mass is 10.3. The van der Waals surface area contributed by atoms with E-state index in [1.165, 1.54) is 12.1 Å². The largest absolute Gasteiger partial charge is 0.501 e. The fraction of sp³-hybridized carbons (Fsp3) is 0.125. The molecule has 0 aromatic carbocycles. The van der Waals surface area contributed by atoms with Gasteiger partial charge in [0.05, 0.1) is 5.33 Å². The average molecular weight is 257 g/mol. The monoisotopic (exact) mass is 256 g/mol. The molecule has 1 aromatic heterocycles. The molecule has 0 aliphatic carbocycles. The van der Waals surface area contributed by atoms with Gasteiger partial charge in [-0.15, -0.1) is 0 Å². The van der Waals surface area contributed by atoms with Crippen molar-refractivity contribution in [2.24, 2.45) is 0 Å². The van der Waals surface area contributed by atoms with Gasteiger partial charge in [0.2, 0.25) is 11.4 Å². The van der Waals surface area contributed by atoms with Crippen LogP contribution in [0.15, 0.2) is 12.1 Å². The molecule has 14 heavy (non-hydrogen) atoms. The highest BCUT2D eigenvalue weighted by molar-refractivity contribution is 9.09. The molecule has 6 heteroatoms. The third-order valence-corrected chi connectivity index (χ3v) is 1.59. The number of hydrogen-bond acceptors (Lipinski definition) is 4. The van der Waals surface area contributed by atoms with Gasteiger partial charge >= 0.3 is 5.82 Å². The molecule has 72 valence electrons. The van der Waals surface area contributed by atoms with Crippen LogP contribution in [0.4, 0.5) is 5.82 Å². The Labute approximate surface area is 88.1 Å². The molecule has 1 N–H and O–H groups in total. The van der Waals surface area contributed by atoms with Crippen molar-refractivity contribution in [1.82, 2.24) is 4.98 Å². The molecule has 0 fully saturated rings. The molecule has 0 amide bonds. The highest BCUT2D eigenvalue weighted by Crippen LogP contribution is 2.21. The van der Waals surface area contributed by atoms with Gasteiger partial charge in [0.15, 0.2) is 0 Å². The number of alkyl halides is 1. The fourth-order valence-corrected chi connectivity index (χ4v) is 0.909. The quantitative estimate of drug-likeness (QED) is 0.357. The van der Waals surface area contributed by atoms with Crippen molar-refractivity contribution in [1.29, 1.82) is 0 Å². The number of nitrogens with zero attached hydrogens (tertiary/aromatic N) is 2. The summed E-state index contributed by atoms with van der Waals surface area (Å²) in [5, 5.41) is 19.9. The molecule has 0 unspecified atom stereocenters. The standard InChI is InChI=1S/C8H5BrN2O3/c9-5-1-2-6-3-4-7(12)8(10-6)11(13)14/h3-4,12H,5H2. The van der Waals surface area contributed by atoms with Crippen molar-refractivity contribution in [2.45, 2.75) is 0 Å². The Morgan fingerprint density at radius 3 is 2.93 bits per heavy atom. The molecule has 1 rings (SSSR count). The van der Waals surface area contributed by atoms with Gasteiger partial charge in [-0.05, 0) is 21.9 Å². The van der Waals surface area contributed by atoms with Crippen molar-refractivity contribution in [3.05, 3.63) is 27.9 Å². The van der Waals surface area contributed by atoms with Crippen LogP contribution in [-0.2, 0) is 0 Å². The highest BCUT2D eigenvalue weighted by Gasteiger charge is 2.15. The summed E-state index contributed by atoms with van der Waals surface area (Å²) in [5.74, 6) is 4.21. The van der Waals surface area contributed by atoms with Gasteiger partial charge in [-0.1, -0.05) is 21.9 Å². The zero-order valence-corrected chi connectivity index (χ0v) is 8.48. The second-order valence-electron chi connectivity index (χ2n) is 2.23. The Morgan fingerprint density at radius 1 is 1.64 bits per heavy atom. The summed E-state index contributed by atoms with van der Waals surface area (Å²) < 4.78 is 0. The Morgan fingerprint density at radius 2 is 2.36 bits per heavy atom. The van der Waals surface area contributed by atoms with Crippen LogP contribution in [0.3, 0.4) is 0 Å². The zero-order valence-electron chi connectivity index (χ0n) is 6.90. The van der Waals surface area contributed by atoms with E-state index in [2.05, 4.69) is 32.8 Å². The predicted molar refractivity (Wildman–Crippen MR) is 53.2 cm³/mol. The average Bonchev–Trinajstić information content (AvgIpc) is 2.16. The Kier molecular flexibility index (Phi) is 3.42. The van der Waals surface area contributed by atoms with Gasteiger partial charge in [0.25, 0.3) is 0 Å². The minimum absolute atomic E-state index is 0.258. The predicted octanol–water partition coefficient (Wildman–Crippen LogP) is 1.44. The molecule has 5 nitrogen and oxygen atoms in total. The number of pyridine rings is 1. The topological polar surface area (TPSA) is 76.3 Å². The molecule has 0 radical (unpaired) electrons. The maximum atomic E-state index is 10.4. The van der Waals surface area contributed by atoms with E-state index in [0.717, 1.165) is 0 Å². The van der Waals surface area contributed by atoms with Crippen LogP contribution in [-0.4, -0.2) is 20.3 Å². The van der Waals surface area contributed by atoms with E-state index >= 15 is 0 Å². The van der Waals surface area contributed by atoms with Crippen molar-refractivity contribution in [2.75, 3.05) is 5.33 Å². The van der Waals surface area contributed by atoms with E-state index in [4.69, 9.17) is 5.11 Å². The lowest BCUT2D eigenvalue weighted by Gasteiger charge is -1.94. The molecule has 0 spiro atoms. The maximum absolute atomic E-state index is 10.4. The minimum Gasteiger partial charge on any atom is -0.501 e. The molecule has 1 heterocycles. The van der Waals surface area contributed by atoms with Gasteiger partial charge < -0.3 is 15.2 Å². The van der Waals surface area contributed by atoms with Crippen LogP contribution in [0.5, 0.6) is 5.75 Å². The van der Waals surface area contributed by atoms with Gasteiger partial charge in [-0.2, -0.15) is 0 Å². The van der Waals surface area contributed by atoms with Crippen LogP contribution in [0.25, 0.3) is 0 Å². The van der Waals surface area contributed by atoms with E-state index in [-0.39, 0.29) is 5.69 Å². The first kappa shape index (κ1) is 10.5. The number of rotatable bonds is 1. The number of aromatic nitrogens is 1. The zero-order chi connectivity index (χ0) is 10.6.